The monoisotopic (exact) mass is 248 g/mol. The Kier molecular flexibility index (Phi) is 1.95. The average Bonchev–Trinajstić information content (AvgIpc) is 2.77. The van der Waals surface area contributed by atoms with Crippen LogP contribution in [0.2, 0.25) is 0 Å². The molecule has 0 aliphatic heterocycles. The third kappa shape index (κ3) is 1.03. The maximum Gasteiger partial charge on any atom is 0.214 e. The minimum atomic E-state index is 0.243. The third-order valence-corrected chi connectivity index (χ3v) is 5.85. The summed E-state index contributed by atoms with van der Waals surface area (Å²) >= 11 is 3.29. The Morgan fingerprint density at radius 2 is 1.12 bits per heavy atom. The fourth-order valence-electron chi connectivity index (χ4n) is 2.28. The van der Waals surface area contributed by atoms with Gasteiger partial charge in [-0.1, -0.05) is 0 Å². The highest BCUT2D eigenvalue weighted by molar-refractivity contribution is 7.19. The van der Waals surface area contributed by atoms with Gasteiger partial charge < -0.3 is 0 Å². The van der Waals surface area contributed by atoms with Crippen LogP contribution in [0.4, 0.5) is 0 Å². The van der Waals surface area contributed by atoms with Gasteiger partial charge in [0.2, 0.25) is 5.78 Å². The van der Waals surface area contributed by atoms with Gasteiger partial charge in [-0.15, -0.1) is 22.7 Å². The van der Waals surface area contributed by atoms with Crippen LogP contribution in [0.3, 0.4) is 0 Å². The van der Waals surface area contributed by atoms with E-state index < -0.39 is 0 Å². The summed E-state index contributed by atoms with van der Waals surface area (Å²) < 4.78 is 0. The van der Waals surface area contributed by atoms with Gasteiger partial charge in [0, 0.05) is 20.9 Å². The molecule has 0 atom stereocenters. The van der Waals surface area contributed by atoms with Crippen LogP contribution in [-0.4, -0.2) is 5.78 Å². The molecule has 1 aliphatic rings. The maximum absolute atomic E-state index is 12.2. The zero-order chi connectivity index (χ0) is 11.6. The number of carbonyl (C=O) groups is 1. The Balaban J connectivity index is 2.45. The Morgan fingerprint density at radius 3 is 1.50 bits per heavy atom. The fraction of sp³-hybridized carbons (Fsp3) is 0.308. The van der Waals surface area contributed by atoms with Crippen LogP contribution in [0.15, 0.2) is 0 Å². The standard InChI is InChI=1S/C13H12OS2/c1-5-7(3)15-12-9(5)10-6(2)8(4)16-13(10)11(12)14/h1-4H3. The lowest BCUT2D eigenvalue weighted by Crippen LogP contribution is -1.88. The van der Waals surface area contributed by atoms with Crippen molar-refractivity contribution in [1.82, 2.24) is 0 Å². The van der Waals surface area contributed by atoms with Gasteiger partial charge in [-0.3, -0.25) is 4.79 Å². The van der Waals surface area contributed by atoms with Crippen molar-refractivity contribution in [3.63, 3.8) is 0 Å². The minimum absolute atomic E-state index is 0.243. The highest BCUT2D eigenvalue weighted by Gasteiger charge is 2.34. The van der Waals surface area contributed by atoms with E-state index in [9.17, 15) is 4.79 Å². The molecule has 3 rings (SSSR count). The second-order valence-corrected chi connectivity index (χ2v) is 6.75. The Hall–Kier alpha value is -0.930. The largest absolute Gasteiger partial charge is 0.287 e. The molecular formula is C13H12OS2. The molecule has 0 fully saturated rings. The zero-order valence-corrected chi connectivity index (χ0v) is 11.4. The summed E-state index contributed by atoms with van der Waals surface area (Å²) in [6.45, 7) is 8.44. The van der Waals surface area contributed by atoms with E-state index in [2.05, 4.69) is 27.7 Å². The van der Waals surface area contributed by atoms with Crippen molar-refractivity contribution in [2.45, 2.75) is 27.7 Å². The highest BCUT2D eigenvalue weighted by Crippen LogP contribution is 2.49. The molecule has 0 aromatic carbocycles. The van der Waals surface area contributed by atoms with Gasteiger partial charge >= 0.3 is 0 Å². The summed E-state index contributed by atoms with van der Waals surface area (Å²) in [6, 6.07) is 0. The molecule has 0 amide bonds. The molecule has 0 saturated carbocycles. The first kappa shape index (κ1) is 10.2. The van der Waals surface area contributed by atoms with Crippen LogP contribution in [0.25, 0.3) is 11.1 Å². The molecule has 0 N–H and O–H groups in total. The Labute approximate surface area is 103 Å². The third-order valence-electron chi connectivity index (χ3n) is 3.43. The number of thiophene rings is 2. The first-order chi connectivity index (χ1) is 7.52. The first-order valence-corrected chi connectivity index (χ1v) is 6.90. The number of hydrogen-bond acceptors (Lipinski definition) is 3. The molecule has 0 radical (unpaired) electrons. The number of ketones is 1. The van der Waals surface area contributed by atoms with Crippen molar-refractivity contribution in [3.05, 3.63) is 30.6 Å². The summed E-state index contributed by atoms with van der Waals surface area (Å²) in [7, 11) is 0. The molecule has 0 spiro atoms. The van der Waals surface area contributed by atoms with E-state index >= 15 is 0 Å². The van der Waals surface area contributed by atoms with Gasteiger partial charge in [-0.05, 0) is 38.8 Å². The molecule has 2 heterocycles. The summed E-state index contributed by atoms with van der Waals surface area (Å²) in [5.74, 6) is 0.243. The molecule has 0 bridgehead atoms. The summed E-state index contributed by atoms with van der Waals surface area (Å²) in [4.78, 5) is 16.7. The molecule has 16 heavy (non-hydrogen) atoms. The van der Waals surface area contributed by atoms with Crippen LogP contribution in [0, 0.1) is 27.7 Å². The Morgan fingerprint density at radius 1 is 0.750 bits per heavy atom. The van der Waals surface area contributed by atoms with Gasteiger partial charge in [-0.2, -0.15) is 0 Å². The minimum Gasteiger partial charge on any atom is -0.287 e. The van der Waals surface area contributed by atoms with E-state index in [1.165, 1.54) is 32.0 Å². The molecule has 0 saturated heterocycles. The molecule has 82 valence electrons. The van der Waals surface area contributed by atoms with Crippen molar-refractivity contribution in [3.8, 4) is 11.1 Å². The molecule has 2 aromatic heterocycles. The van der Waals surface area contributed by atoms with Crippen LogP contribution in [0.1, 0.15) is 35.4 Å². The molecule has 1 aliphatic carbocycles. The number of aryl methyl sites for hydroxylation is 2. The van der Waals surface area contributed by atoms with Crippen LogP contribution in [-0.2, 0) is 0 Å². The van der Waals surface area contributed by atoms with Gasteiger partial charge in [0.25, 0.3) is 0 Å². The molecule has 0 unspecified atom stereocenters. The van der Waals surface area contributed by atoms with Crippen LogP contribution in [0.5, 0.6) is 0 Å². The smallest absolute Gasteiger partial charge is 0.214 e. The second-order valence-electron chi connectivity index (χ2n) is 4.30. The van der Waals surface area contributed by atoms with Gasteiger partial charge in [0.15, 0.2) is 0 Å². The lowest BCUT2D eigenvalue weighted by molar-refractivity contribution is 0.105. The van der Waals surface area contributed by atoms with E-state index in [4.69, 9.17) is 0 Å². The van der Waals surface area contributed by atoms with Crippen molar-refractivity contribution < 1.29 is 4.79 Å². The molecule has 3 heteroatoms. The van der Waals surface area contributed by atoms with Gasteiger partial charge in [0.05, 0.1) is 9.75 Å². The van der Waals surface area contributed by atoms with E-state index in [1.807, 2.05) is 0 Å². The molecule has 2 aromatic rings. The summed E-state index contributed by atoms with van der Waals surface area (Å²) in [5.41, 5.74) is 5.00. The van der Waals surface area contributed by atoms with Gasteiger partial charge in [0.1, 0.15) is 0 Å². The van der Waals surface area contributed by atoms with Gasteiger partial charge in [-0.25, -0.2) is 0 Å². The number of carbonyl (C=O) groups excluding carboxylic acids is 1. The lowest BCUT2D eigenvalue weighted by atomic mass is 10.0. The highest BCUT2D eigenvalue weighted by atomic mass is 32.1. The summed E-state index contributed by atoms with van der Waals surface area (Å²) in [5, 5.41) is 0. The van der Waals surface area contributed by atoms with E-state index in [0.717, 1.165) is 9.75 Å². The predicted octanol–water partition coefficient (Wildman–Crippen LogP) is 4.25. The topological polar surface area (TPSA) is 17.1 Å². The lowest BCUT2D eigenvalue weighted by Gasteiger charge is -1.99. The van der Waals surface area contributed by atoms with Crippen LogP contribution >= 0.6 is 22.7 Å². The maximum atomic E-state index is 12.2. The number of rotatable bonds is 0. The van der Waals surface area contributed by atoms with Crippen molar-refractivity contribution in [2.24, 2.45) is 0 Å². The second kappa shape index (κ2) is 3.05. The SMILES string of the molecule is Cc1sc2c(c1C)-c1c(sc(C)c1C)C2=O. The van der Waals surface area contributed by atoms with Crippen molar-refractivity contribution >= 4 is 28.5 Å². The molecule has 1 nitrogen and oxygen atoms in total. The first-order valence-electron chi connectivity index (χ1n) is 5.27. The molecular weight excluding hydrogens is 236 g/mol. The number of hydrogen-bond donors (Lipinski definition) is 0. The Bertz CT molecular complexity index is 575. The fourth-order valence-corrected chi connectivity index (χ4v) is 4.57. The van der Waals surface area contributed by atoms with E-state index in [0.29, 0.717) is 0 Å². The normalized spacial score (nSPS) is 13.1. The summed E-state index contributed by atoms with van der Waals surface area (Å²) in [6.07, 6.45) is 0. The average molecular weight is 248 g/mol. The van der Waals surface area contributed by atoms with Crippen molar-refractivity contribution in [1.29, 1.82) is 0 Å². The zero-order valence-electron chi connectivity index (χ0n) is 9.72. The van der Waals surface area contributed by atoms with Crippen molar-refractivity contribution in [2.75, 3.05) is 0 Å². The predicted molar refractivity (Wildman–Crippen MR) is 70.0 cm³/mol. The van der Waals surface area contributed by atoms with Crippen LogP contribution < -0.4 is 0 Å². The van der Waals surface area contributed by atoms with E-state index in [1.54, 1.807) is 22.7 Å². The number of fused-ring (bicyclic) bond motifs is 3. The van der Waals surface area contributed by atoms with E-state index in [-0.39, 0.29) is 5.78 Å². The quantitative estimate of drug-likeness (QED) is 0.581.